The van der Waals surface area contributed by atoms with E-state index >= 15 is 0 Å². The fraction of sp³-hybridized carbons (Fsp3) is 0.346. The maximum atomic E-state index is 13.2. The number of halogens is 1. The first-order chi connectivity index (χ1) is 16.1. The molecule has 7 heteroatoms. The molecule has 1 N–H and O–H groups in total. The van der Waals surface area contributed by atoms with Gasteiger partial charge < -0.3 is 19.6 Å². The molecule has 2 aliphatic heterocycles. The largest absolute Gasteiger partial charge is 0.507 e. The van der Waals surface area contributed by atoms with Gasteiger partial charge >= 0.3 is 0 Å². The van der Waals surface area contributed by atoms with E-state index in [1.54, 1.807) is 11.0 Å². The van der Waals surface area contributed by atoms with E-state index in [9.17, 15) is 14.3 Å². The van der Waals surface area contributed by atoms with Crippen LogP contribution in [0.4, 0.5) is 10.1 Å². The van der Waals surface area contributed by atoms with Crippen molar-refractivity contribution in [2.24, 2.45) is 0 Å². The number of morpholine rings is 1. The third-order valence-corrected chi connectivity index (χ3v) is 6.60. The molecule has 0 aliphatic carbocycles. The van der Waals surface area contributed by atoms with Gasteiger partial charge in [0.15, 0.2) is 0 Å². The molecule has 3 aromatic rings. The van der Waals surface area contributed by atoms with Crippen LogP contribution in [0.3, 0.4) is 0 Å². The van der Waals surface area contributed by atoms with E-state index < -0.39 is 0 Å². The van der Waals surface area contributed by atoms with Gasteiger partial charge in [0.25, 0.3) is 5.91 Å². The van der Waals surface area contributed by atoms with Gasteiger partial charge in [-0.25, -0.2) is 4.39 Å². The zero-order valence-electron chi connectivity index (χ0n) is 18.5. The lowest BCUT2D eigenvalue weighted by atomic mass is 9.97. The van der Waals surface area contributed by atoms with Crippen molar-refractivity contribution in [3.63, 3.8) is 0 Å². The van der Waals surface area contributed by atoms with Crippen LogP contribution in [0.15, 0.2) is 54.6 Å². The van der Waals surface area contributed by atoms with Gasteiger partial charge in [0.1, 0.15) is 11.6 Å². The van der Waals surface area contributed by atoms with E-state index in [0.717, 1.165) is 48.2 Å². The van der Waals surface area contributed by atoms with Crippen LogP contribution in [0, 0.1) is 5.82 Å². The number of rotatable bonds is 4. The molecular formula is C26H28FN3O3. The topological polar surface area (TPSA) is 56.2 Å². The summed E-state index contributed by atoms with van der Waals surface area (Å²) in [6.45, 7) is 5.93. The van der Waals surface area contributed by atoms with Gasteiger partial charge in [0.2, 0.25) is 0 Å². The summed E-state index contributed by atoms with van der Waals surface area (Å²) in [6, 6.07) is 16.3. The summed E-state index contributed by atoms with van der Waals surface area (Å²) in [4.78, 5) is 19.5. The second-order valence-electron chi connectivity index (χ2n) is 8.62. The number of carbonyl (C=O) groups is 1. The predicted octanol–water partition coefficient (Wildman–Crippen LogP) is 3.48. The number of nitrogens with zero attached hydrogens (tertiary/aromatic N) is 3. The maximum Gasteiger partial charge on any atom is 0.257 e. The highest BCUT2D eigenvalue weighted by molar-refractivity contribution is 6.03. The minimum absolute atomic E-state index is 0.0751. The van der Waals surface area contributed by atoms with Crippen molar-refractivity contribution in [1.82, 2.24) is 9.80 Å². The molecule has 6 nitrogen and oxygen atoms in total. The SMILES string of the molecule is O=C(c1cc2ccccc2c(CN2CCN(c3ccc(F)cc3)CC2)c1O)N1CCOCC1. The molecule has 5 rings (SSSR count). The van der Waals surface area contributed by atoms with Gasteiger partial charge in [-0.2, -0.15) is 0 Å². The zero-order chi connectivity index (χ0) is 22.8. The van der Waals surface area contributed by atoms with Crippen LogP contribution in [0.1, 0.15) is 15.9 Å². The third kappa shape index (κ3) is 4.51. The normalized spacial score (nSPS) is 17.5. The lowest BCUT2D eigenvalue weighted by Crippen LogP contribution is -2.46. The van der Waals surface area contributed by atoms with E-state index in [1.165, 1.54) is 12.1 Å². The lowest BCUT2D eigenvalue weighted by molar-refractivity contribution is 0.0301. The number of piperazine rings is 1. The minimum atomic E-state index is -0.230. The van der Waals surface area contributed by atoms with Gasteiger partial charge in [-0.3, -0.25) is 9.69 Å². The fourth-order valence-electron chi connectivity index (χ4n) is 4.71. The second kappa shape index (κ2) is 9.37. The number of aromatic hydroxyl groups is 1. The van der Waals surface area contributed by atoms with Crippen molar-refractivity contribution in [1.29, 1.82) is 0 Å². The Bertz CT molecular complexity index is 1140. The van der Waals surface area contributed by atoms with E-state index in [1.807, 2.05) is 36.4 Å². The number of amides is 1. The van der Waals surface area contributed by atoms with E-state index in [2.05, 4.69) is 9.80 Å². The summed E-state index contributed by atoms with van der Waals surface area (Å²) >= 11 is 0. The highest BCUT2D eigenvalue weighted by Gasteiger charge is 2.26. The van der Waals surface area contributed by atoms with Gasteiger partial charge in [0.05, 0.1) is 18.8 Å². The Labute approximate surface area is 192 Å². The maximum absolute atomic E-state index is 13.2. The second-order valence-corrected chi connectivity index (χ2v) is 8.62. The number of ether oxygens (including phenoxy) is 1. The smallest absolute Gasteiger partial charge is 0.257 e. The Hall–Kier alpha value is -3.16. The Morgan fingerprint density at radius 2 is 1.64 bits per heavy atom. The third-order valence-electron chi connectivity index (χ3n) is 6.60. The monoisotopic (exact) mass is 449 g/mol. The molecule has 0 bridgehead atoms. The number of phenols is 1. The van der Waals surface area contributed by atoms with Crippen LogP contribution in [-0.2, 0) is 11.3 Å². The van der Waals surface area contributed by atoms with Crippen molar-refractivity contribution in [2.45, 2.75) is 6.54 Å². The molecular weight excluding hydrogens is 421 g/mol. The molecule has 33 heavy (non-hydrogen) atoms. The molecule has 3 aromatic carbocycles. The molecule has 0 unspecified atom stereocenters. The minimum Gasteiger partial charge on any atom is -0.507 e. The van der Waals surface area contributed by atoms with E-state index in [0.29, 0.717) is 38.4 Å². The summed E-state index contributed by atoms with van der Waals surface area (Å²) in [5.74, 6) is -0.304. The average Bonchev–Trinajstić information content (AvgIpc) is 2.86. The molecule has 2 heterocycles. The van der Waals surface area contributed by atoms with Crippen LogP contribution in [0.25, 0.3) is 10.8 Å². The first-order valence-electron chi connectivity index (χ1n) is 11.4. The molecule has 2 aliphatic rings. The Balaban J connectivity index is 1.38. The average molecular weight is 450 g/mol. The summed E-state index contributed by atoms with van der Waals surface area (Å²) < 4.78 is 18.6. The molecule has 1 amide bonds. The molecule has 0 radical (unpaired) electrons. The summed E-state index contributed by atoms with van der Waals surface area (Å²) in [7, 11) is 0. The molecule has 172 valence electrons. The van der Waals surface area contributed by atoms with E-state index in [-0.39, 0.29) is 17.5 Å². The highest BCUT2D eigenvalue weighted by atomic mass is 19.1. The van der Waals surface area contributed by atoms with Crippen LogP contribution >= 0.6 is 0 Å². The molecule has 0 aromatic heterocycles. The number of phenolic OH excluding ortho intramolecular Hbond substituents is 1. The van der Waals surface area contributed by atoms with Crippen molar-refractivity contribution in [2.75, 3.05) is 57.4 Å². The first kappa shape index (κ1) is 21.7. The summed E-state index contributed by atoms with van der Waals surface area (Å²) in [5.41, 5.74) is 2.16. The molecule has 0 spiro atoms. The number of carbonyl (C=O) groups excluding carboxylic acids is 1. The van der Waals surface area contributed by atoms with Gasteiger partial charge in [0, 0.05) is 57.1 Å². The standard InChI is InChI=1S/C26H28FN3O3/c27-20-5-7-21(8-6-20)29-11-9-28(10-12-29)18-24-22-4-2-1-3-19(22)17-23(25(24)31)26(32)30-13-15-33-16-14-30/h1-8,17,31H,9-16,18H2. The van der Waals surface area contributed by atoms with Crippen molar-refractivity contribution in [3.8, 4) is 5.75 Å². The van der Waals surface area contributed by atoms with Crippen LogP contribution < -0.4 is 4.90 Å². The molecule has 2 fully saturated rings. The number of hydrogen-bond donors (Lipinski definition) is 1. The zero-order valence-corrected chi connectivity index (χ0v) is 18.5. The number of anilines is 1. The quantitative estimate of drug-likeness (QED) is 0.661. The van der Waals surface area contributed by atoms with Gasteiger partial charge in [-0.05, 0) is 41.1 Å². The number of benzene rings is 3. The Kier molecular flexibility index (Phi) is 6.15. The number of fused-ring (bicyclic) bond motifs is 1. The predicted molar refractivity (Wildman–Crippen MR) is 126 cm³/mol. The van der Waals surface area contributed by atoms with Gasteiger partial charge in [-0.15, -0.1) is 0 Å². The van der Waals surface area contributed by atoms with Crippen LogP contribution in [-0.4, -0.2) is 73.3 Å². The van der Waals surface area contributed by atoms with Crippen molar-refractivity contribution < 1.29 is 19.0 Å². The molecule has 0 saturated carbocycles. The highest BCUT2D eigenvalue weighted by Crippen LogP contribution is 2.34. The molecule has 0 atom stereocenters. The Morgan fingerprint density at radius 3 is 2.36 bits per heavy atom. The number of hydrogen-bond acceptors (Lipinski definition) is 5. The Morgan fingerprint density at radius 1 is 0.939 bits per heavy atom. The lowest BCUT2D eigenvalue weighted by Gasteiger charge is -2.36. The summed E-state index contributed by atoms with van der Waals surface area (Å²) in [6.07, 6.45) is 0. The molecule has 2 saturated heterocycles. The fourth-order valence-corrected chi connectivity index (χ4v) is 4.71. The first-order valence-corrected chi connectivity index (χ1v) is 11.4. The van der Waals surface area contributed by atoms with Crippen LogP contribution in [0.2, 0.25) is 0 Å². The van der Waals surface area contributed by atoms with Crippen LogP contribution in [0.5, 0.6) is 5.75 Å². The van der Waals surface area contributed by atoms with Crippen molar-refractivity contribution >= 4 is 22.4 Å². The van der Waals surface area contributed by atoms with E-state index in [4.69, 9.17) is 4.74 Å². The summed E-state index contributed by atoms with van der Waals surface area (Å²) in [5, 5.41) is 13.1. The van der Waals surface area contributed by atoms with Gasteiger partial charge in [-0.1, -0.05) is 24.3 Å². The van der Waals surface area contributed by atoms with Crippen molar-refractivity contribution in [3.05, 3.63) is 71.5 Å².